The van der Waals surface area contributed by atoms with Gasteiger partial charge < -0.3 is 30.6 Å². The smallest absolute Gasteiger partial charge is 0.315 e. The van der Waals surface area contributed by atoms with Gasteiger partial charge in [0.1, 0.15) is 5.82 Å². The van der Waals surface area contributed by atoms with E-state index in [9.17, 15) is 9.59 Å². The molecule has 0 unspecified atom stereocenters. The van der Waals surface area contributed by atoms with Gasteiger partial charge in [-0.1, -0.05) is 30.3 Å². The van der Waals surface area contributed by atoms with Gasteiger partial charge in [-0.15, -0.1) is 0 Å². The molecule has 0 saturated heterocycles. The average molecular weight is 465 g/mol. The first-order valence-corrected chi connectivity index (χ1v) is 10.6. The Morgan fingerprint density at radius 3 is 2.06 bits per heavy atom. The van der Waals surface area contributed by atoms with E-state index in [1.165, 1.54) is 21.3 Å². The summed E-state index contributed by atoms with van der Waals surface area (Å²) in [4.78, 5) is 28.8. The minimum atomic E-state index is -0.332. The van der Waals surface area contributed by atoms with Crippen molar-refractivity contribution in [3.63, 3.8) is 0 Å². The largest absolute Gasteiger partial charge is 0.493 e. The standard InChI is InChI=1S/C25H28N4O5/c1-32-21-11-17(12-22(33-2)23(21)34-3)15-29-25(31)28-14-16-6-8-18(9-7-16)20(30)13-19-5-4-10-27-24(19)26/h4-12H,13-15H2,1-3H3,(H2,26,27)(H2,28,29,31). The summed E-state index contributed by atoms with van der Waals surface area (Å²) >= 11 is 0. The highest BCUT2D eigenvalue weighted by atomic mass is 16.5. The van der Waals surface area contributed by atoms with Gasteiger partial charge in [0, 0.05) is 36.8 Å². The van der Waals surface area contributed by atoms with Crippen LogP contribution in [-0.4, -0.2) is 38.1 Å². The summed E-state index contributed by atoms with van der Waals surface area (Å²) in [6.07, 6.45) is 1.77. The molecule has 34 heavy (non-hydrogen) atoms. The predicted octanol–water partition coefficient (Wildman–Crippen LogP) is 3.11. The molecular weight excluding hydrogens is 436 g/mol. The van der Waals surface area contributed by atoms with Crippen molar-refractivity contribution in [2.24, 2.45) is 0 Å². The molecule has 1 heterocycles. The highest BCUT2D eigenvalue weighted by molar-refractivity contribution is 5.98. The summed E-state index contributed by atoms with van der Waals surface area (Å²) in [5, 5.41) is 5.60. The van der Waals surface area contributed by atoms with Crippen molar-refractivity contribution in [2.75, 3.05) is 27.1 Å². The van der Waals surface area contributed by atoms with Crippen molar-refractivity contribution in [2.45, 2.75) is 19.5 Å². The Morgan fingerprint density at radius 2 is 1.50 bits per heavy atom. The Morgan fingerprint density at radius 1 is 0.882 bits per heavy atom. The molecule has 0 bridgehead atoms. The summed E-state index contributed by atoms with van der Waals surface area (Å²) in [6, 6.07) is 13.8. The Hall–Kier alpha value is -4.27. The van der Waals surface area contributed by atoms with Gasteiger partial charge in [-0.2, -0.15) is 0 Å². The molecule has 9 nitrogen and oxygen atoms in total. The summed E-state index contributed by atoms with van der Waals surface area (Å²) in [5.41, 5.74) is 8.73. The van der Waals surface area contributed by atoms with Crippen LogP contribution in [0.2, 0.25) is 0 Å². The van der Waals surface area contributed by atoms with E-state index in [1.54, 1.807) is 54.7 Å². The van der Waals surface area contributed by atoms with Crippen molar-refractivity contribution >= 4 is 17.6 Å². The molecule has 0 aliphatic rings. The van der Waals surface area contributed by atoms with Crippen LogP contribution in [0.3, 0.4) is 0 Å². The molecule has 0 aliphatic heterocycles. The Bertz CT molecular complexity index is 1120. The van der Waals surface area contributed by atoms with Gasteiger partial charge >= 0.3 is 6.03 Å². The molecule has 4 N–H and O–H groups in total. The van der Waals surface area contributed by atoms with Crippen molar-refractivity contribution < 1.29 is 23.8 Å². The van der Waals surface area contributed by atoms with E-state index in [0.717, 1.165) is 11.1 Å². The summed E-state index contributed by atoms with van der Waals surface area (Å²) in [7, 11) is 4.60. The molecule has 0 atom stereocenters. The van der Waals surface area contributed by atoms with Gasteiger partial charge in [-0.05, 0) is 29.3 Å². The number of methoxy groups -OCH3 is 3. The molecule has 2 aromatic carbocycles. The van der Waals surface area contributed by atoms with Crippen LogP contribution in [0, 0.1) is 0 Å². The number of ketones is 1. The Kier molecular flexibility index (Phi) is 8.28. The van der Waals surface area contributed by atoms with Gasteiger partial charge in [0.2, 0.25) is 5.75 Å². The minimum absolute atomic E-state index is 0.0534. The van der Waals surface area contributed by atoms with Crippen LogP contribution in [-0.2, 0) is 19.5 Å². The average Bonchev–Trinajstić information content (AvgIpc) is 2.87. The zero-order valence-corrected chi connectivity index (χ0v) is 19.4. The first kappa shape index (κ1) is 24.4. The molecule has 0 fully saturated rings. The maximum Gasteiger partial charge on any atom is 0.315 e. The molecule has 0 spiro atoms. The van der Waals surface area contributed by atoms with E-state index >= 15 is 0 Å². The Labute approximate surface area is 198 Å². The number of nitrogens with zero attached hydrogens (tertiary/aromatic N) is 1. The minimum Gasteiger partial charge on any atom is -0.493 e. The molecule has 9 heteroatoms. The molecule has 0 radical (unpaired) electrons. The number of amides is 2. The van der Waals surface area contributed by atoms with Crippen molar-refractivity contribution in [1.82, 2.24) is 15.6 Å². The number of nitrogen functional groups attached to an aromatic ring is 1. The topological polar surface area (TPSA) is 125 Å². The van der Waals surface area contributed by atoms with Crippen LogP contribution < -0.4 is 30.6 Å². The zero-order valence-electron chi connectivity index (χ0n) is 19.4. The number of carbonyl (C=O) groups is 2. The van der Waals surface area contributed by atoms with Crippen molar-refractivity contribution in [3.8, 4) is 17.2 Å². The zero-order chi connectivity index (χ0) is 24.5. The van der Waals surface area contributed by atoms with Crippen LogP contribution in [0.4, 0.5) is 10.6 Å². The first-order chi connectivity index (χ1) is 16.4. The number of hydrogen-bond acceptors (Lipinski definition) is 7. The van der Waals surface area contributed by atoms with Crippen LogP contribution >= 0.6 is 0 Å². The van der Waals surface area contributed by atoms with E-state index in [0.29, 0.717) is 40.7 Å². The van der Waals surface area contributed by atoms with Crippen molar-refractivity contribution in [1.29, 1.82) is 0 Å². The molecule has 0 aliphatic carbocycles. The van der Waals surface area contributed by atoms with Gasteiger partial charge in [0.15, 0.2) is 17.3 Å². The summed E-state index contributed by atoms with van der Waals surface area (Å²) < 4.78 is 16.0. The predicted molar refractivity (Wildman–Crippen MR) is 128 cm³/mol. The third-order valence-corrected chi connectivity index (χ3v) is 5.18. The fraction of sp³-hybridized carbons (Fsp3) is 0.240. The second-order valence-electron chi connectivity index (χ2n) is 7.41. The number of pyridine rings is 1. The molecular formula is C25H28N4O5. The SMILES string of the molecule is COc1cc(CNC(=O)NCc2ccc(C(=O)Cc3cccnc3N)cc2)cc(OC)c1OC. The molecule has 2 amide bonds. The lowest BCUT2D eigenvalue weighted by Gasteiger charge is -2.14. The van der Waals surface area contributed by atoms with Crippen LogP contribution in [0.5, 0.6) is 17.2 Å². The fourth-order valence-electron chi connectivity index (χ4n) is 3.35. The highest BCUT2D eigenvalue weighted by Gasteiger charge is 2.14. The summed E-state index contributed by atoms with van der Waals surface area (Å²) in [5.74, 6) is 1.82. The number of rotatable bonds is 10. The first-order valence-electron chi connectivity index (χ1n) is 10.6. The lowest BCUT2D eigenvalue weighted by molar-refractivity contribution is 0.0993. The fourth-order valence-corrected chi connectivity index (χ4v) is 3.35. The van der Waals surface area contributed by atoms with Crippen LogP contribution in [0.15, 0.2) is 54.7 Å². The number of urea groups is 1. The van der Waals surface area contributed by atoms with Crippen molar-refractivity contribution in [3.05, 3.63) is 77.0 Å². The number of anilines is 1. The van der Waals surface area contributed by atoms with Gasteiger partial charge in [0.25, 0.3) is 0 Å². The highest BCUT2D eigenvalue weighted by Crippen LogP contribution is 2.38. The third kappa shape index (κ3) is 6.16. The molecule has 0 saturated carbocycles. The molecule has 178 valence electrons. The molecule has 1 aromatic heterocycles. The van der Waals surface area contributed by atoms with Gasteiger partial charge in [-0.25, -0.2) is 9.78 Å². The summed E-state index contributed by atoms with van der Waals surface area (Å²) in [6.45, 7) is 0.582. The van der Waals surface area contributed by atoms with E-state index < -0.39 is 0 Å². The maximum absolute atomic E-state index is 12.5. The second kappa shape index (κ2) is 11.6. The second-order valence-corrected chi connectivity index (χ2v) is 7.41. The maximum atomic E-state index is 12.5. The number of Topliss-reactive ketones (excluding diaryl/α,β-unsaturated/α-hetero) is 1. The van der Waals surface area contributed by atoms with Gasteiger partial charge in [0.05, 0.1) is 21.3 Å². The number of nitrogens with one attached hydrogen (secondary N) is 2. The van der Waals surface area contributed by atoms with Crippen LogP contribution in [0.1, 0.15) is 27.0 Å². The lowest BCUT2D eigenvalue weighted by atomic mass is 10.0. The lowest BCUT2D eigenvalue weighted by Crippen LogP contribution is -2.34. The third-order valence-electron chi connectivity index (χ3n) is 5.18. The van der Waals surface area contributed by atoms with E-state index in [-0.39, 0.29) is 24.8 Å². The number of benzene rings is 2. The quantitative estimate of drug-likeness (QED) is 0.394. The van der Waals surface area contributed by atoms with E-state index in [1.807, 2.05) is 0 Å². The van der Waals surface area contributed by atoms with E-state index in [4.69, 9.17) is 19.9 Å². The molecule has 3 aromatic rings. The number of nitrogens with two attached hydrogens (primary N) is 1. The number of hydrogen-bond donors (Lipinski definition) is 3. The van der Waals surface area contributed by atoms with Crippen LogP contribution in [0.25, 0.3) is 0 Å². The van der Waals surface area contributed by atoms with Gasteiger partial charge in [-0.3, -0.25) is 4.79 Å². The number of carbonyl (C=O) groups excluding carboxylic acids is 2. The number of ether oxygens (including phenoxy) is 3. The Balaban J connectivity index is 1.51. The monoisotopic (exact) mass is 464 g/mol. The normalized spacial score (nSPS) is 10.3. The number of aromatic nitrogens is 1. The molecule has 3 rings (SSSR count). The van der Waals surface area contributed by atoms with E-state index in [2.05, 4.69) is 15.6 Å².